The fourth-order valence-corrected chi connectivity index (χ4v) is 2.66. The molecular formula is C15H21FN2O. The summed E-state index contributed by atoms with van der Waals surface area (Å²) in [6.45, 7) is 7.07. The first-order valence-corrected chi connectivity index (χ1v) is 6.98. The van der Waals surface area contributed by atoms with E-state index in [1.807, 2.05) is 6.92 Å². The van der Waals surface area contributed by atoms with Gasteiger partial charge in [0.2, 0.25) is 0 Å². The zero-order chi connectivity index (χ0) is 13.8. The van der Waals surface area contributed by atoms with E-state index in [1.54, 1.807) is 0 Å². The Morgan fingerprint density at radius 2 is 2.37 bits per heavy atom. The number of halogens is 1. The Hall–Kier alpha value is -1.29. The molecule has 1 aromatic rings. The highest BCUT2D eigenvalue weighted by atomic mass is 19.1. The number of nitrogens with zero attached hydrogens (tertiary/aromatic N) is 2. The molecule has 1 fully saturated rings. The molecular weight excluding hydrogens is 243 g/mol. The van der Waals surface area contributed by atoms with Gasteiger partial charge in [0.15, 0.2) is 5.78 Å². The van der Waals surface area contributed by atoms with Crippen LogP contribution in [0.3, 0.4) is 0 Å². The molecule has 1 aliphatic heterocycles. The lowest BCUT2D eigenvalue weighted by atomic mass is 10.0. The van der Waals surface area contributed by atoms with Gasteiger partial charge in [0.05, 0.1) is 6.20 Å². The summed E-state index contributed by atoms with van der Waals surface area (Å²) in [6.07, 6.45) is 3.54. The molecule has 0 N–H and O–H groups in total. The fourth-order valence-electron chi connectivity index (χ4n) is 2.66. The van der Waals surface area contributed by atoms with E-state index < -0.39 is 5.82 Å². The number of pyridine rings is 1. The molecule has 2 atom stereocenters. The van der Waals surface area contributed by atoms with Crippen molar-refractivity contribution >= 4 is 5.78 Å². The summed E-state index contributed by atoms with van der Waals surface area (Å²) in [5.74, 6) is 0.272. The highest BCUT2D eigenvalue weighted by Gasteiger charge is 2.25. The van der Waals surface area contributed by atoms with Crippen molar-refractivity contribution in [2.75, 3.05) is 19.6 Å². The van der Waals surface area contributed by atoms with E-state index in [0.29, 0.717) is 5.69 Å². The van der Waals surface area contributed by atoms with Crippen LogP contribution in [0.5, 0.6) is 0 Å². The number of carbonyl (C=O) groups excluding carboxylic acids is 1. The predicted molar refractivity (Wildman–Crippen MR) is 72.5 cm³/mol. The Bertz CT molecular complexity index is 432. The lowest BCUT2D eigenvalue weighted by Gasteiger charge is -2.19. The van der Waals surface area contributed by atoms with E-state index in [-0.39, 0.29) is 11.7 Å². The molecule has 0 bridgehead atoms. The summed E-state index contributed by atoms with van der Waals surface area (Å²) in [7, 11) is 0. The van der Waals surface area contributed by atoms with E-state index in [4.69, 9.17) is 0 Å². The van der Waals surface area contributed by atoms with Crippen molar-refractivity contribution in [2.24, 2.45) is 11.8 Å². The number of carbonyl (C=O) groups is 1. The lowest BCUT2D eigenvalue weighted by molar-refractivity contribution is 0.0896. The topological polar surface area (TPSA) is 33.2 Å². The summed E-state index contributed by atoms with van der Waals surface area (Å²) in [6, 6.07) is 2.75. The van der Waals surface area contributed by atoms with Crippen LogP contribution in [0.1, 0.15) is 37.2 Å². The summed E-state index contributed by atoms with van der Waals surface area (Å²) < 4.78 is 12.8. The molecule has 1 aliphatic rings. The maximum Gasteiger partial charge on any atom is 0.185 e. The molecule has 0 aromatic carbocycles. The number of hydrogen-bond donors (Lipinski definition) is 0. The zero-order valence-corrected chi connectivity index (χ0v) is 11.6. The highest BCUT2D eigenvalue weighted by Crippen LogP contribution is 2.20. The molecule has 19 heavy (non-hydrogen) atoms. The quantitative estimate of drug-likeness (QED) is 0.767. The maximum atomic E-state index is 12.8. The van der Waals surface area contributed by atoms with E-state index >= 15 is 0 Å². The van der Waals surface area contributed by atoms with Gasteiger partial charge in [-0.15, -0.1) is 0 Å². The largest absolute Gasteiger partial charge is 0.302 e. The van der Waals surface area contributed by atoms with Crippen LogP contribution in [0.15, 0.2) is 18.3 Å². The third kappa shape index (κ3) is 3.60. The van der Waals surface area contributed by atoms with Crippen molar-refractivity contribution in [1.82, 2.24) is 9.88 Å². The van der Waals surface area contributed by atoms with Crippen molar-refractivity contribution in [2.45, 2.75) is 26.7 Å². The summed E-state index contributed by atoms with van der Waals surface area (Å²) in [4.78, 5) is 18.4. The minimum absolute atomic E-state index is 0.0000477. The van der Waals surface area contributed by atoms with Gasteiger partial charge in [-0.25, -0.2) is 4.39 Å². The van der Waals surface area contributed by atoms with Crippen molar-refractivity contribution in [1.29, 1.82) is 0 Å². The van der Waals surface area contributed by atoms with Gasteiger partial charge in [-0.1, -0.05) is 20.3 Å². The Morgan fingerprint density at radius 1 is 1.58 bits per heavy atom. The molecule has 2 heterocycles. The molecule has 0 amide bonds. The normalized spacial score (nSPS) is 21.5. The maximum absolute atomic E-state index is 12.8. The fraction of sp³-hybridized carbons (Fsp3) is 0.600. The smallest absolute Gasteiger partial charge is 0.185 e. The van der Waals surface area contributed by atoms with Crippen molar-refractivity contribution < 1.29 is 9.18 Å². The third-order valence-electron chi connectivity index (χ3n) is 3.91. The average molecular weight is 264 g/mol. The molecule has 0 radical (unpaired) electrons. The van der Waals surface area contributed by atoms with Crippen LogP contribution in [-0.4, -0.2) is 35.3 Å². The van der Waals surface area contributed by atoms with Crippen LogP contribution in [-0.2, 0) is 0 Å². The SMILES string of the molecule is CCC1CCN(CC(C)C(=O)c2ccc(F)cn2)C1. The summed E-state index contributed by atoms with van der Waals surface area (Å²) in [5, 5.41) is 0. The zero-order valence-electron chi connectivity index (χ0n) is 11.6. The Balaban J connectivity index is 1.91. The molecule has 4 heteroatoms. The first-order chi connectivity index (χ1) is 9.10. The number of rotatable bonds is 5. The predicted octanol–water partition coefficient (Wildman–Crippen LogP) is 2.77. The molecule has 0 spiro atoms. The van der Waals surface area contributed by atoms with Gasteiger partial charge in [-0.2, -0.15) is 0 Å². The second-order valence-corrected chi connectivity index (χ2v) is 5.45. The van der Waals surface area contributed by atoms with Gasteiger partial charge in [-0.05, 0) is 31.0 Å². The lowest BCUT2D eigenvalue weighted by Crippen LogP contribution is -2.30. The number of hydrogen-bond acceptors (Lipinski definition) is 3. The average Bonchev–Trinajstić information content (AvgIpc) is 2.86. The second kappa shape index (κ2) is 6.24. The minimum atomic E-state index is -0.408. The number of aromatic nitrogens is 1. The van der Waals surface area contributed by atoms with Crippen LogP contribution in [0.25, 0.3) is 0 Å². The summed E-state index contributed by atoms with van der Waals surface area (Å²) in [5.41, 5.74) is 0.361. The molecule has 2 unspecified atom stereocenters. The van der Waals surface area contributed by atoms with Crippen LogP contribution in [0, 0.1) is 17.7 Å². The minimum Gasteiger partial charge on any atom is -0.302 e. The van der Waals surface area contributed by atoms with Crippen LogP contribution >= 0.6 is 0 Å². The monoisotopic (exact) mass is 264 g/mol. The van der Waals surface area contributed by atoms with E-state index in [9.17, 15) is 9.18 Å². The van der Waals surface area contributed by atoms with Crippen LogP contribution in [0.4, 0.5) is 4.39 Å². The molecule has 1 saturated heterocycles. The van der Waals surface area contributed by atoms with Crippen molar-refractivity contribution in [3.05, 3.63) is 29.8 Å². The summed E-state index contributed by atoms with van der Waals surface area (Å²) >= 11 is 0. The van der Waals surface area contributed by atoms with Gasteiger partial charge in [0, 0.05) is 19.0 Å². The number of likely N-dealkylation sites (tertiary alicyclic amines) is 1. The van der Waals surface area contributed by atoms with E-state index in [1.165, 1.54) is 25.0 Å². The molecule has 3 nitrogen and oxygen atoms in total. The first kappa shape index (κ1) is 14.1. The first-order valence-electron chi connectivity index (χ1n) is 6.98. The third-order valence-corrected chi connectivity index (χ3v) is 3.91. The molecule has 0 saturated carbocycles. The highest BCUT2D eigenvalue weighted by molar-refractivity contribution is 5.95. The number of Topliss-reactive ketones (excluding diaryl/α,β-unsaturated/α-hetero) is 1. The van der Waals surface area contributed by atoms with Gasteiger partial charge in [0.1, 0.15) is 11.5 Å². The van der Waals surface area contributed by atoms with Gasteiger partial charge >= 0.3 is 0 Å². The number of ketones is 1. The second-order valence-electron chi connectivity index (χ2n) is 5.45. The van der Waals surface area contributed by atoms with Crippen molar-refractivity contribution in [3.8, 4) is 0 Å². The van der Waals surface area contributed by atoms with E-state index in [0.717, 1.165) is 31.7 Å². The molecule has 104 valence electrons. The molecule has 1 aromatic heterocycles. The van der Waals surface area contributed by atoms with Crippen molar-refractivity contribution in [3.63, 3.8) is 0 Å². The van der Waals surface area contributed by atoms with Gasteiger partial charge in [0.25, 0.3) is 0 Å². The molecule has 2 rings (SSSR count). The van der Waals surface area contributed by atoms with Gasteiger partial charge < -0.3 is 4.90 Å². The standard InChI is InChI=1S/C15H21FN2O/c1-3-12-6-7-18(10-12)9-11(2)15(19)14-5-4-13(16)8-17-14/h4-5,8,11-12H,3,6-7,9-10H2,1-2H3. The van der Waals surface area contributed by atoms with Crippen LogP contribution in [0.2, 0.25) is 0 Å². The van der Waals surface area contributed by atoms with E-state index in [2.05, 4.69) is 16.8 Å². The Labute approximate surface area is 113 Å². The Kier molecular flexibility index (Phi) is 4.64. The Morgan fingerprint density at radius 3 is 2.95 bits per heavy atom. The molecule has 0 aliphatic carbocycles. The van der Waals surface area contributed by atoms with Crippen LogP contribution < -0.4 is 0 Å². The van der Waals surface area contributed by atoms with Gasteiger partial charge in [-0.3, -0.25) is 9.78 Å².